The maximum atomic E-state index is 5.22. The van der Waals surface area contributed by atoms with E-state index < -0.39 is 0 Å². The van der Waals surface area contributed by atoms with Crippen LogP contribution in [0, 0.1) is 0 Å². The number of hydrogen-bond donors (Lipinski definition) is 0. The molecule has 0 aliphatic heterocycles. The van der Waals surface area contributed by atoms with E-state index in [1.54, 1.807) is 14.2 Å². The third kappa shape index (κ3) is 3.56. The van der Waals surface area contributed by atoms with E-state index in [2.05, 4.69) is 39.6 Å². The highest BCUT2D eigenvalue weighted by Crippen LogP contribution is 2.23. The van der Waals surface area contributed by atoms with Gasteiger partial charge in [0.25, 0.3) is 0 Å². The van der Waals surface area contributed by atoms with E-state index >= 15 is 0 Å². The van der Waals surface area contributed by atoms with Crippen molar-refractivity contribution in [3.8, 4) is 0 Å². The van der Waals surface area contributed by atoms with Crippen LogP contribution in [0.2, 0.25) is 0 Å². The fourth-order valence-corrected chi connectivity index (χ4v) is 1.72. The van der Waals surface area contributed by atoms with Gasteiger partial charge in [-0.05, 0) is 34.7 Å². The van der Waals surface area contributed by atoms with E-state index in [0.29, 0.717) is 0 Å². The molecule has 0 atom stereocenters. The van der Waals surface area contributed by atoms with Crippen LogP contribution in [0.5, 0.6) is 0 Å². The zero-order valence-electron chi connectivity index (χ0n) is 10.7. The molecule has 0 bridgehead atoms. The minimum Gasteiger partial charge on any atom is -0.383 e. The molecule has 3 nitrogen and oxygen atoms in total. The van der Waals surface area contributed by atoms with Gasteiger partial charge in [0, 0.05) is 25.3 Å². The summed E-state index contributed by atoms with van der Waals surface area (Å²) >= 11 is 0. The van der Waals surface area contributed by atoms with Gasteiger partial charge in [-0.25, -0.2) is 0 Å². The van der Waals surface area contributed by atoms with Crippen LogP contribution in [-0.4, -0.2) is 50.5 Å². The fourth-order valence-electron chi connectivity index (χ4n) is 1.72. The smallest absolute Gasteiger partial charge is 0.0641 e. The Hall–Kier alpha value is -0.120. The number of nitrogens with zero attached hydrogens (tertiary/aromatic N) is 1. The largest absolute Gasteiger partial charge is 0.383 e. The molecule has 0 amide bonds. The van der Waals surface area contributed by atoms with Gasteiger partial charge in [0.2, 0.25) is 0 Å². The quantitative estimate of drug-likeness (QED) is 0.656. The first kappa shape index (κ1) is 13.9. The first-order chi connectivity index (χ1) is 6.28. The monoisotopic (exact) mass is 203 g/mol. The third-order valence-corrected chi connectivity index (χ3v) is 2.81. The van der Waals surface area contributed by atoms with Crippen LogP contribution in [0.4, 0.5) is 0 Å². The van der Waals surface area contributed by atoms with E-state index in [1.807, 2.05) is 0 Å². The lowest BCUT2D eigenvalue weighted by atomic mass is 9.95. The zero-order chi connectivity index (χ0) is 11.4. The van der Waals surface area contributed by atoms with E-state index in [9.17, 15) is 0 Å². The van der Waals surface area contributed by atoms with Crippen LogP contribution in [0.1, 0.15) is 27.7 Å². The summed E-state index contributed by atoms with van der Waals surface area (Å²) in [7, 11) is 5.58. The Bertz CT molecular complexity index is 149. The number of rotatable bonds is 6. The first-order valence-corrected chi connectivity index (χ1v) is 5.00. The molecule has 0 aromatic heterocycles. The highest BCUT2D eigenvalue weighted by atomic mass is 16.5. The molecule has 0 aromatic rings. The second kappa shape index (κ2) is 5.10. The van der Waals surface area contributed by atoms with Crippen molar-refractivity contribution >= 4 is 0 Å². The van der Waals surface area contributed by atoms with Crippen molar-refractivity contribution in [3.05, 3.63) is 0 Å². The van der Waals surface area contributed by atoms with Gasteiger partial charge in [-0.15, -0.1) is 0 Å². The molecule has 0 saturated heterocycles. The Kier molecular flexibility index (Phi) is 5.06. The molecule has 0 spiro atoms. The summed E-state index contributed by atoms with van der Waals surface area (Å²) in [6, 6.07) is 0. The van der Waals surface area contributed by atoms with Crippen LogP contribution < -0.4 is 0 Å². The van der Waals surface area contributed by atoms with Gasteiger partial charge < -0.3 is 9.47 Å². The predicted octanol–water partition coefficient (Wildman–Crippen LogP) is 1.77. The summed E-state index contributed by atoms with van der Waals surface area (Å²) in [5, 5.41) is 0. The first-order valence-electron chi connectivity index (χ1n) is 5.00. The van der Waals surface area contributed by atoms with Gasteiger partial charge >= 0.3 is 0 Å². The van der Waals surface area contributed by atoms with Crippen LogP contribution in [0.25, 0.3) is 0 Å². The van der Waals surface area contributed by atoms with Gasteiger partial charge in [-0.1, -0.05) is 0 Å². The van der Waals surface area contributed by atoms with E-state index in [0.717, 1.165) is 13.2 Å². The summed E-state index contributed by atoms with van der Waals surface area (Å²) in [5.41, 5.74) is 0.0492. The molecule has 0 unspecified atom stereocenters. The summed E-state index contributed by atoms with van der Waals surface area (Å²) in [6.45, 7) is 10.1. The minimum absolute atomic E-state index is 0.0246. The van der Waals surface area contributed by atoms with E-state index in [-0.39, 0.29) is 11.1 Å². The SMILES string of the molecule is COCC(C)(C)N(C)C(C)(C)COC. The van der Waals surface area contributed by atoms with E-state index in [1.165, 1.54) is 0 Å². The van der Waals surface area contributed by atoms with Gasteiger partial charge in [-0.3, -0.25) is 4.90 Å². The van der Waals surface area contributed by atoms with Gasteiger partial charge in [-0.2, -0.15) is 0 Å². The Morgan fingerprint density at radius 1 is 0.857 bits per heavy atom. The molecule has 14 heavy (non-hydrogen) atoms. The molecule has 0 aliphatic rings. The lowest BCUT2D eigenvalue weighted by Crippen LogP contribution is -2.57. The Labute approximate surface area is 88.4 Å². The molecule has 0 saturated carbocycles. The Morgan fingerprint density at radius 2 is 1.14 bits per heavy atom. The Balaban J connectivity index is 4.49. The van der Waals surface area contributed by atoms with Crippen molar-refractivity contribution < 1.29 is 9.47 Å². The molecule has 0 radical (unpaired) electrons. The maximum absolute atomic E-state index is 5.22. The normalized spacial score (nSPS) is 13.7. The maximum Gasteiger partial charge on any atom is 0.0641 e. The molecule has 3 heteroatoms. The van der Waals surface area contributed by atoms with Crippen molar-refractivity contribution in [2.24, 2.45) is 0 Å². The molecule has 0 rings (SSSR count). The van der Waals surface area contributed by atoms with Crippen molar-refractivity contribution in [1.29, 1.82) is 0 Å². The molecule has 0 N–H and O–H groups in total. The summed E-state index contributed by atoms with van der Waals surface area (Å²) in [5.74, 6) is 0. The molecular weight excluding hydrogens is 178 g/mol. The minimum atomic E-state index is 0.0246. The standard InChI is InChI=1S/C11H25NO2/c1-10(2,8-13-6)12(5)11(3,4)9-14-7/h8-9H2,1-7H3. The molecule has 86 valence electrons. The van der Waals surface area contributed by atoms with Crippen molar-refractivity contribution in [1.82, 2.24) is 4.90 Å². The number of hydrogen-bond acceptors (Lipinski definition) is 3. The summed E-state index contributed by atoms with van der Waals surface area (Å²) in [6.07, 6.45) is 0. The second-order valence-electron chi connectivity index (χ2n) is 5.05. The summed E-state index contributed by atoms with van der Waals surface area (Å²) in [4.78, 5) is 2.30. The molecule has 0 fully saturated rings. The summed E-state index contributed by atoms with van der Waals surface area (Å²) < 4.78 is 10.4. The van der Waals surface area contributed by atoms with Crippen LogP contribution in [0.3, 0.4) is 0 Å². The molecule has 0 aliphatic carbocycles. The molecule has 0 heterocycles. The topological polar surface area (TPSA) is 21.7 Å². The highest BCUT2D eigenvalue weighted by Gasteiger charge is 2.34. The van der Waals surface area contributed by atoms with Crippen LogP contribution in [-0.2, 0) is 9.47 Å². The number of methoxy groups -OCH3 is 2. The second-order valence-corrected chi connectivity index (χ2v) is 5.05. The highest BCUT2D eigenvalue weighted by molar-refractivity contribution is 4.90. The fraction of sp³-hybridized carbons (Fsp3) is 1.00. The van der Waals surface area contributed by atoms with Gasteiger partial charge in [0.1, 0.15) is 0 Å². The average molecular weight is 203 g/mol. The lowest BCUT2D eigenvalue weighted by Gasteiger charge is -2.45. The van der Waals surface area contributed by atoms with Crippen molar-refractivity contribution in [2.45, 2.75) is 38.8 Å². The predicted molar refractivity (Wildman–Crippen MR) is 59.7 cm³/mol. The van der Waals surface area contributed by atoms with Crippen molar-refractivity contribution in [3.63, 3.8) is 0 Å². The van der Waals surface area contributed by atoms with Gasteiger partial charge in [0.15, 0.2) is 0 Å². The van der Waals surface area contributed by atoms with Crippen LogP contribution >= 0.6 is 0 Å². The number of ether oxygens (including phenoxy) is 2. The third-order valence-electron chi connectivity index (χ3n) is 2.81. The number of likely N-dealkylation sites (N-methyl/N-ethyl adjacent to an activating group) is 1. The average Bonchev–Trinajstić information content (AvgIpc) is 2.02. The molecular formula is C11H25NO2. The van der Waals surface area contributed by atoms with E-state index in [4.69, 9.17) is 9.47 Å². The lowest BCUT2D eigenvalue weighted by molar-refractivity contribution is -0.0393. The zero-order valence-corrected chi connectivity index (χ0v) is 10.7. The van der Waals surface area contributed by atoms with Gasteiger partial charge in [0.05, 0.1) is 13.2 Å². The van der Waals surface area contributed by atoms with Crippen molar-refractivity contribution in [2.75, 3.05) is 34.5 Å². The Morgan fingerprint density at radius 3 is 1.36 bits per heavy atom. The van der Waals surface area contributed by atoms with Crippen LogP contribution in [0.15, 0.2) is 0 Å². The molecule has 0 aromatic carbocycles.